The van der Waals surface area contributed by atoms with Gasteiger partial charge in [-0.1, -0.05) is 30.3 Å². The lowest BCUT2D eigenvalue weighted by molar-refractivity contribution is -0.147. The van der Waals surface area contributed by atoms with E-state index in [-0.39, 0.29) is 18.4 Å². The third kappa shape index (κ3) is 4.07. The quantitative estimate of drug-likeness (QED) is 0.877. The van der Waals surface area contributed by atoms with Gasteiger partial charge in [-0.3, -0.25) is 9.59 Å². The van der Waals surface area contributed by atoms with Crippen LogP contribution in [0.1, 0.15) is 43.8 Å². The summed E-state index contributed by atoms with van der Waals surface area (Å²) in [6, 6.07) is 9.42. The van der Waals surface area contributed by atoms with E-state index >= 15 is 0 Å². The molecule has 0 spiro atoms. The highest BCUT2D eigenvalue weighted by Gasteiger charge is 2.32. The fourth-order valence-corrected chi connectivity index (χ4v) is 3.04. The Morgan fingerprint density at radius 3 is 2.68 bits per heavy atom. The van der Waals surface area contributed by atoms with Crippen LogP contribution in [0.4, 0.5) is 0 Å². The number of nitrogens with zero attached hydrogens (tertiary/aromatic N) is 1. The molecule has 0 aliphatic carbocycles. The summed E-state index contributed by atoms with van der Waals surface area (Å²) in [6.45, 7) is 0.676. The van der Waals surface area contributed by atoms with E-state index in [1.165, 1.54) is 7.11 Å². The van der Waals surface area contributed by atoms with Gasteiger partial charge in [0, 0.05) is 26.1 Å². The normalized spacial score (nSPS) is 19.7. The summed E-state index contributed by atoms with van der Waals surface area (Å²) < 4.78 is 5.42. The number of benzene rings is 1. The molecule has 1 N–H and O–H groups in total. The maximum Gasteiger partial charge on any atom is 0.303 e. The topological polar surface area (TPSA) is 66.8 Å². The molecule has 1 fully saturated rings. The summed E-state index contributed by atoms with van der Waals surface area (Å²) in [6.07, 6.45) is 2.84. The average molecular weight is 305 g/mol. The van der Waals surface area contributed by atoms with Crippen LogP contribution in [0.5, 0.6) is 0 Å². The van der Waals surface area contributed by atoms with Crippen molar-refractivity contribution in [2.75, 3.05) is 13.7 Å². The molecular weight excluding hydrogens is 282 g/mol. The molecule has 1 aromatic carbocycles. The van der Waals surface area contributed by atoms with Gasteiger partial charge in [0.2, 0.25) is 0 Å². The van der Waals surface area contributed by atoms with Crippen molar-refractivity contribution in [3.05, 3.63) is 35.9 Å². The SMILES string of the molecule is CO[C@@H](C(=O)N1CCCC[C@@H]1CCC(=O)O)c1ccccc1. The fraction of sp³-hybridized carbons (Fsp3) is 0.529. The van der Waals surface area contributed by atoms with Gasteiger partial charge in [-0.05, 0) is 31.2 Å². The third-order valence-electron chi connectivity index (χ3n) is 4.16. The van der Waals surface area contributed by atoms with Gasteiger partial charge in [-0.2, -0.15) is 0 Å². The van der Waals surface area contributed by atoms with Crippen LogP contribution in [0.2, 0.25) is 0 Å². The Hall–Kier alpha value is -1.88. The molecule has 2 atom stereocenters. The Morgan fingerprint density at radius 1 is 1.32 bits per heavy atom. The molecule has 1 aliphatic heterocycles. The summed E-state index contributed by atoms with van der Waals surface area (Å²) >= 11 is 0. The first-order valence-electron chi connectivity index (χ1n) is 7.73. The number of carboxylic acids is 1. The Kier molecular flexibility index (Phi) is 5.95. The molecule has 0 unspecified atom stereocenters. The van der Waals surface area contributed by atoms with Crippen molar-refractivity contribution in [1.82, 2.24) is 4.90 Å². The zero-order valence-corrected chi connectivity index (χ0v) is 12.9. The summed E-state index contributed by atoms with van der Waals surface area (Å²) in [4.78, 5) is 25.5. The number of likely N-dealkylation sites (tertiary alicyclic amines) is 1. The van der Waals surface area contributed by atoms with Gasteiger partial charge < -0.3 is 14.7 Å². The molecule has 0 bridgehead atoms. The molecule has 120 valence electrons. The van der Waals surface area contributed by atoms with Crippen LogP contribution in [0, 0.1) is 0 Å². The Balaban J connectivity index is 2.11. The summed E-state index contributed by atoms with van der Waals surface area (Å²) in [5, 5.41) is 8.87. The second kappa shape index (κ2) is 7.94. The smallest absolute Gasteiger partial charge is 0.303 e. The number of piperidine rings is 1. The Labute approximate surface area is 130 Å². The molecular formula is C17H23NO4. The minimum absolute atomic E-state index is 0.00119. The van der Waals surface area contributed by atoms with Gasteiger partial charge in [0.25, 0.3) is 5.91 Å². The van der Waals surface area contributed by atoms with E-state index in [4.69, 9.17) is 9.84 Å². The predicted octanol–water partition coefficient (Wildman–Crippen LogP) is 2.62. The van der Waals surface area contributed by atoms with Gasteiger partial charge in [-0.25, -0.2) is 0 Å². The van der Waals surface area contributed by atoms with Gasteiger partial charge in [0.15, 0.2) is 6.10 Å². The zero-order valence-electron chi connectivity index (χ0n) is 12.9. The van der Waals surface area contributed by atoms with Crippen molar-refractivity contribution >= 4 is 11.9 Å². The molecule has 1 aromatic rings. The first-order valence-corrected chi connectivity index (χ1v) is 7.73. The number of hydrogen-bond donors (Lipinski definition) is 1. The van der Waals surface area contributed by atoms with E-state index in [1.807, 2.05) is 35.2 Å². The molecule has 0 aromatic heterocycles. The van der Waals surface area contributed by atoms with Crippen molar-refractivity contribution in [3.8, 4) is 0 Å². The maximum absolute atomic E-state index is 12.8. The number of rotatable bonds is 6. The van der Waals surface area contributed by atoms with Crippen LogP contribution >= 0.6 is 0 Å². The number of methoxy groups -OCH3 is 1. The molecule has 5 nitrogen and oxygen atoms in total. The summed E-state index contributed by atoms with van der Waals surface area (Å²) in [5.41, 5.74) is 0.831. The van der Waals surface area contributed by atoms with Crippen LogP contribution in [0.15, 0.2) is 30.3 Å². The molecule has 1 saturated heterocycles. The number of amides is 1. The van der Waals surface area contributed by atoms with Crippen molar-refractivity contribution in [1.29, 1.82) is 0 Å². The average Bonchev–Trinajstić information content (AvgIpc) is 2.55. The largest absolute Gasteiger partial charge is 0.481 e. The molecule has 22 heavy (non-hydrogen) atoms. The lowest BCUT2D eigenvalue weighted by Crippen LogP contribution is -2.46. The molecule has 1 aliphatic rings. The van der Waals surface area contributed by atoms with Gasteiger partial charge in [0.1, 0.15) is 0 Å². The number of ether oxygens (including phenoxy) is 1. The van der Waals surface area contributed by atoms with Gasteiger partial charge >= 0.3 is 5.97 Å². The summed E-state index contributed by atoms with van der Waals surface area (Å²) in [5.74, 6) is -0.881. The highest BCUT2D eigenvalue weighted by molar-refractivity contribution is 5.82. The highest BCUT2D eigenvalue weighted by Crippen LogP contribution is 2.26. The first-order chi connectivity index (χ1) is 10.6. The fourth-order valence-electron chi connectivity index (χ4n) is 3.04. The standard InChI is InChI=1S/C17H23NO4/c1-22-16(13-7-3-2-4-8-13)17(21)18-12-6-5-9-14(18)10-11-15(19)20/h2-4,7-8,14,16H,5-6,9-12H2,1H3,(H,19,20)/t14-,16-/m1/s1. The van der Waals surface area contributed by atoms with E-state index in [9.17, 15) is 9.59 Å². The van der Waals surface area contributed by atoms with Crippen molar-refractivity contribution in [3.63, 3.8) is 0 Å². The van der Waals surface area contributed by atoms with Gasteiger partial charge in [-0.15, -0.1) is 0 Å². The number of hydrogen-bond acceptors (Lipinski definition) is 3. The second-order valence-electron chi connectivity index (χ2n) is 5.64. The number of carboxylic acid groups (broad SMARTS) is 1. The monoisotopic (exact) mass is 305 g/mol. The van der Waals surface area contributed by atoms with E-state index in [0.29, 0.717) is 13.0 Å². The Morgan fingerprint density at radius 2 is 2.05 bits per heavy atom. The van der Waals surface area contributed by atoms with Crippen molar-refractivity contribution < 1.29 is 19.4 Å². The highest BCUT2D eigenvalue weighted by atomic mass is 16.5. The zero-order chi connectivity index (χ0) is 15.9. The lowest BCUT2D eigenvalue weighted by Gasteiger charge is -2.37. The molecule has 0 saturated carbocycles. The van der Waals surface area contributed by atoms with Crippen LogP contribution in [-0.2, 0) is 14.3 Å². The third-order valence-corrected chi connectivity index (χ3v) is 4.16. The second-order valence-corrected chi connectivity index (χ2v) is 5.64. The van der Waals surface area contributed by atoms with Crippen molar-refractivity contribution in [2.24, 2.45) is 0 Å². The molecule has 0 radical (unpaired) electrons. The predicted molar refractivity (Wildman–Crippen MR) is 82.4 cm³/mol. The van der Waals surface area contributed by atoms with E-state index in [1.54, 1.807) is 0 Å². The van der Waals surface area contributed by atoms with Crippen molar-refractivity contribution in [2.45, 2.75) is 44.2 Å². The molecule has 5 heteroatoms. The first kappa shape index (κ1) is 16.5. The van der Waals surface area contributed by atoms with Crippen LogP contribution in [0.3, 0.4) is 0 Å². The lowest BCUT2D eigenvalue weighted by atomic mass is 9.96. The van der Waals surface area contributed by atoms with E-state index in [2.05, 4.69) is 0 Å². The van der Waals surface area contributed by atoms with E-state index < -0.39 is 12.1 Å². The number of carbonyl (C=O) groups is 2. The number of carbonyl (C=O) groups excluding carboxylic acids is 1. The summed E-state index contributed by atoms with van der Waals surface area (Å²) in [7, 11) is 1.53. The molecule has 2 rings (SSSR count). The van der Waals surface area contributed by atoms with Crippen LogP contribution in [-0.4, -0.2) is 41.6 Å². The van der Waals surface area contributed by atoms with Crippen LogP contribution in [0.25, 0.3) is 0 Å². The van der Waals surface area contributed by atoms with E-state index in [0.717, 1.165) is 24.8 Å². The maximum atomic E-state index is 12.8. The minimum Gasteiger partial charge on any atom is -0.481 e. The van der Waals surface area contributed by atoms with Gasteiger partial charge in [0.05, 0.1) is 0 Å². The molecule has 1 amide bonds. The van der Waals surface area contributed by atoms with Crippen LogP contribution < -0.4 is 0 Å². The Bertz CT molecular complexity index is 503. The number of aliphatic carboxylic acids is 1. The molecule has 1 heterocycles. The minimum atomic E-state index is -0.815.